The first-order chi connectivity index (χ1) is 11.1. The van der Waals surface area contributed by atoms with Gasteiger partial charge in [-0.3, -0.25) is 0 Å². The molecule has 0 aliphatic carbocycles. The predicted molar refractivity (Wildman–Crippen MR) is 86.1 cm³/mol. The number of hydrogen-bond donors (Lipinski definition) is 1. The molecule has 3 aromatic rings. The van der Waals surface area contributed by atoms with Crippen molar-refractivity contribution in [2.45, 2.75) is 32.7 Å². The Morgan fingerprint density at radius 2 is 2.09 bits per heavy atom. The van der Waals surface area contributed by atoms with Gasteiger partial charge in [0.1, 0.15) is 23.8 Å². The maximum atomic E-state index is 6.03. The van der Waals surface area contributed by atoms with Gasteiger partial charge in [-0.15, -0.1) is 0 Å². The number of anilines is 2. The largest absolute Gasteiger partial charge is 0.383 e. The van der Waals surface area contributed by atoms with Crippen LogP contribution in [-0.4, -0.2) is 36.1 Å². The molecule has 3 aromatic heterocycles. The zero-order valence-electron chi connectivity index (χ0n) is 13.1. The third kappa shape index (κ3) is 2.36. The van der Waals surface area contributed by atoms with Crippen LogP contribution in [0.1, 0.15) is 36.8 Å². The van der Waals surface area contributed by atoms with Crippen LogP contribution in [0.25, 0.3) is 5.78 Å². The summed E-state index contributed by atoms with van der Waals surface area (Å²) in [6.07, 6.45) is 4.26. The molecule has 118 valence electrons. The molecule has 8 nitrogen and oxygen atoms in total. The zero-order chi connectivity index (χ0) is 16.0. The lowest BCUT2D eigenvalue weighted by Crippen LogP contribution is -2.32. The van der Waals surface area contributed by atoms with Gasteiger partial charge in [-0.05, 0) is 0 Å². The van der Waals surface area contributed by atoms with Crippen LogP contribution in [0.2, 0.25) is 0 Å². The van der Waals surface area contributed by atoms with Crippen molar-refractivity contribution in [2.75, 3.05) is 17.2 Å². The molecule has 0 fully saturated rings. The third-order valence-corrected chi connectivity index (χ3v) is 4.06. The fraction of sp³-hybridized carbons (Fsp3) is 0.400. The third-order valence-electron chi connectivity index (χ3n) is 4.06. The van der Waals surface area contributed by atoms with Gasteiger partial charge < -0.3 is 10.6 Å². The summed E-state index contributed by atoms with van der Waals surface area (Å²) < 4.78 is 1.53. The Morgan fingerprint density at radius 3 is 2.91 bits per heavy atom. The van der Waals surface area contributed by atoms with Crippen LogP contribution in [0.4, 0.5) is 11.6 Å². The van der Waals surface area contributed by atoms with E-state index in [-0.39, 0.29) is 0 Å². The summed E-state index contributed by atoms with van der Waals surface area (Å²) in [4.78, 5) is 20.0. The molecule has 0 saturated carbocycles. The molecular formula is C15H18N8. The molecule has 0 aromatic carbocycles. The van der Waals surface area contributed by atoms with Gasteiger partial charge in [-0.25, -0.2) is 9.97 Å². The minimum Gasteiger partial charge on any atom is -0.383 e. The van der Waals surface area contributed by atoms with Gasteiger partial charge in [0.25, 0.3) is 5.78 Å². The minimum atomic E-state index is 0.343. The van der Waals surface area contributed by atoms with E-state index >= 15 is 0 Å². The summed E-state index contributed by atoms with van der Waals surface area (Å²) >= 11 is 0. The number of nitrogens with zero attached hydrogens (tertiary/aromatic N) is 7. The molecule has 1 aliphatic rings. The lowest BCUT2D eigenvalue weighted by molar-refractivity contribution is 0.670. The van der Waals surface area contributed by atoms with Crippen molar-refractivity contribution >= 4 is 17.4 Å². The van der Waals surface area contributed by atoms with Crippen LogP contribution >= 0.6 is 0 Å². The van der Waals surface area contributed by atoms with Crippen LogP contribution in [0.5, 0.6) is 0 Å². The molecule has 0 amide bonds. The fourth-order valence-corrected chi connectivity index (χ4v) is 2.79. The SMILES string of the molecule is CC(C)c1ncc2c(n1)CCN(c1cc(N)n3ncnc3n1)C2. The van der Waals surface area contributed by atoms with Crippen molar-refractivity contribution in [2.24, 2.45) is 0 Å². The van der Waals surface area contributed by atoms with Crippen molar-refractivity contribution < 1.29 is 0 Å². The van der Waals surface area contributed by atoms with Gasteiger partial charge in [-0.1, -0.05) is 13.8 Å². The highest BCUT2D eigenvalue weighted by Gasteiger charge is 2.21. The van der Waals surface area contributed by atoms with E-state index in [2.05, 4.69) is 38.8 Å². The Hall–Kier alpha value is -2.77. The van der Waals surface area contributed by atoms with Gasteiger partial charge in [0.15, 0.2) is 0 Å². The summed E-state index contributed by atoms with van der Waals surface area (Å²) in [5.74, 6) is 3.10. The van der Waals surface area contributed by atoms with Crippen LogP contribution in [0.15, 0.2) is 18.6 Å². The summed E-state index contributed by atoms with van der Waals surface area (Å²) in [6.45, 7) is 5.79. The average Bonchev–Trinajstić information content (AvgIpc) is 3.03. The summed E-state index contributed by atoms with van der Waals surface area (Å²) in [5, 5.41) is 4.05. The molecule has 1 aliphatic heterocycles. The minimum absolute atomic E-state index is 0.343. The number of rotatable bonds is 2. The van der Waals surface area contributed by atoms with Crippen molar-refractivity contribution in [3.63, 3.8) is 0 Å². The van der Waals surface area contributed by atoms with Crippen molar-refractivity contribution in [3.05, 3.63) is 35.7 Å². The standard InChI is InChI=1S/C15H18N8/c1-9(2)14-17-6-10-7-22(4-3-11(10)20-14)13-5-12(16)23-15(21-13)18-8-19-23/h5-6,8-9H,3-4,7,16H2,1-2H3. The van der Waals surface area contributed by atoms with E-state index in [9.17, 15) is 0 Å². The fourth-order valence-electron chi connectivity index (χ4n) is 2.79. The molecule has 8 heteroatoms. The monoisotopic (exact) mass is 310 g/mol. The molecule has 0 bridgehead atoms. The highest BCUT2D eigenvalue weighted by atomic mass is 15.4. The van der Waals surface area contributed by atoms with Gasteiger partial charge >= 0.3 is 0 Å². The van der Waals surface area contributed by atoms with Crippen molar-refractivity contribution in [1.29, 1.82) is 0 Å². The zero-order valence-corrected chi connectivity index (χ0v) is 13.1. The van der Waals surface area contributed by atoms with Crippen molar-refractivity contribution in [1.82, 2.24) is 29.5 Å². The van der Waals surface area contributed by atoms with E-state index in [0.717, 1.165) is 42.4 Å². The van der Waals surface area contributed by atoms with Crippen LogP contribution in [-0.2, 0) is 13.0 Å². The van der Waals surface area contributed by atoms with E-state index in [4.69, 9.17) is 10.7 Å². The first-order valence-corrected chi connectivity index (χ1v) is 7.67. The summed E-state index contributed by atoms with van der Waals surface area (Å²) in [7, 11) is 0. The van der Waals surface area contributed by atoms with E-state index in [0.29, 0.717) is 17.5 Å². The topological polar surface area (TPSA) is 98.1 Å². The first-order valence-electron chi connectivity index (χ1n) is 7.67. The highest BCUT2D eigenvalue weighted by Crippen LogP contribution is 2.24. The number of nitrogen functional groups attached to an aromatic ring is 1. The Kier molecular flexibility index (Phi) is 3.10. The van der Waals surface area contributed by atoms with Gasteiger partial charge in [-0.2, -0.15) is 19.6 Å². The number of aromatic nitrogens is 6. The maximum Gasteiger partial charge on any atom is 0.256 e. The smallest absolute Gasteiger partial charge is 0.256 e. The van der Waals surface area contributed by atoms with E-state index < -0.39 is 0 Å². The Bertz CT molecular complexity index is 869. The molecule has 0 radical (unpaired) electrons. The lowest BCUT2D eigenvalue weighted by Gasteiger charge is -2.29. The number of nitrogens with two attached hydrogens (primary N) is 1. The summed E-state index contributed by atoms with van der Waals surface area (Å²) in [5.41, 5.74) is 8.30. The number of fused-ring (bicyclic) bond motifs is 2. The Morgan fingerprint density at radius 1 is 1.22 bits per heavy atom. The quantitative estimate of drug-likeness (QED) is 0.759. The predicted octanol–water partition coefficient (Wildman–Crippen LogP) is 1.18. The molecule has 0 spiro atoms. The second-order valence-electron chi connectivity index (χ2n) is 6.04. The van der Waals surface area contributed by atoms with Gasteiger partial charge in [0.2, 0.25) is 0 Å². The van der Waals surface area contributed by atoms with Crippen LogP contribution in [0.3, 0.4) is 0 Å². The van der Waals surface area contributed by atoms with E-state index in [1.54, 1.807) is 0 Å². The molecule has 0 saturated heterocycles. The molecule has 2 N–H and O–H groups in total. The molecular weight excluding hydrogens is 292 g/mol. The Labute approximate surface area is 133 Å². The molecule has 0 unspecified atom stereocenters. The normalized spacial score (nSPS) is 14.5. The Balaban J connectivity index is 1.66. The van der Waals surface area contributed by atoms with Gasteiger partial charge in [0, 0.05) is 43.3 Å². The second kappa shape index (κ2) is 5.15. The van der Waals surface area contributed by atoms with Gasteiger partial charge in [0.05, 0.1) is 5.69 Å². The molecule has 4 heterocycles. The van der Waals surface area contributed by atoms with Crippen LogP contribution in [0, 0.1) is 0 Å². The molecule has 23 heavy (non-hydrogen) atoms. The maximum absolute atomic E-state index is 6.03. The van der Waals surface area contributed by atoms with E-state index in [1.807, 2.05) is 12.3 Å². The molecule has 4 rings (SSSR count). The van der Waals surface area contributed by atoms with Crippen molar-refractivity contribution in [3.8, 4) is 0 Å². The highest BCUT2D eigenvalue weighted by molar-refractivity contribution is 5.54. The molecule has 0 atom stereocenters. The lowest BCUT2D eigenvalue weighted by atomic mass is 10.1. The van der Waals surface area contributed by atoms with Crippen LogP contribution < -0.4 is 10.6 Å². The summed E-state index contributed by atoms with van der Waals surface area (Å²) in [6, 6.07) is 1.83. The number of hydrogen-bond acceptors (Lipinski definition) is 7. The first kappa shape index (κ1) is 13.9. The average molecular weight is 310 g/mol. The second-order valence-corrected chi connectivity index (χ2v) is 6.04. The van der Waals surface area contributed by atoms with E-state index in [1.165, 1.54) is 10.8 Å².